The van der Waals surface area contributed by atoms with E-state index in [1.807, 2.05) is 0 Å². The highest BCUT2D eigenvalue weighted by atomic mass is 32.2. The zero-order chi connectivity index (χ0) is 9.90. The van der Waals surface area contributed by atoms with Crippen LogP contribution < -0.4 is 5.32 Å². The topological polar surface area (TPSA) is 66.5 Å². The minimum Gasteiger partial charge on any atom is -0.355 e. The fraction of sp³-hybridized carbons (Fsp3) is 0.857. The van der Waals surface area contributed by atoms with Gasteiger partial charge in [-0.05, 0) is 6.42 Å². The van der Waals surface area contributed by atoms with E-state index in [9.17, 15) is 13.2 Å². The Hall–Kier alpha value is -0.620. The highest BCUT2D eigenvalue weighted by molar-refractivity contribution is 7.89. The predicted molar refractivity (Wildman–Crippen MR) is 48.7 cm³/mol. The molecule has 0 aromatic carbocycles. The standard InChI is InChI=1S/C7H14N2O3S/c1-7(10)8-3-5-9-4-2-6-13(9,11)12/h2-6H2,1H3,(H,8,10). The van der Waals surface area contributed by atoms with Crippen molar-refractivity contribution in [3.63, 3.8) is 0 Å². The molecule has 0 saturated carbocycles. The van der Waals surface area contributed by atoms with Crippen LogP contribution in [0.15, 0.2) is 0 Å². The first-order valence-electron chi connectivity index (χ1n) is 4.24. The van der Waals surface area contributed by atoms with Crippen LogP contribution in [-0.4, -0.2) is 44.0 Å². The molecule has 1 rings (SSSR count). The number of sulfonamides is 1. The normalized spacial score (nSPS) is 21.6. The van der Waals surface area contributed by atoms with E-state index in [1.54, 1.807) is 0 Å². The smallest absolute Gasteiger partial charge is 0.216 e. The van der Waals surface area contributed by atoms with E-state index in [4.69, 9.17) is 0 Å². The van der Waals surface area contributed by atoms with E-state index in [0.717, 1.165) is 0 Å². The van der Waals surface area contributed by atoms with Gasteiger partial charge in [0.2, 0.25) is 15.9 Å². The molecule has 13 heavy (non-hydrogen) atoms. The van der Waals surface area contributed by atoms with E-state index in [0.29, 0.717) is 26.1 Å². The quantitative estimate of drug-likeness (QED) is 0.654. The molecular weight excluding hydrogens is 192 g/mol. The van der Waals surface area contributed by atoms with Gasteiger partial charge in [-0.1, -0.05) is 0 Å². The number of carbonyl (C=O) groups excluding carboxylic acids is 1. The zero-order valence-corrected chi connectivity index (χ0v) is 8.43. The number of rotatable bonds is 3. The molecule has 0 aliphatic carbocycles. The van der Waals surface area contributed by atoms with E-state index in [-0.39, 0.29) is 11.7 Å². The van der Waals surface area contributed by atoms with Gasteiger partial charge in [0, 0.05) is 26.6 Å². The Bertz CT molecular complexity index is 286. The van der Waals surface area contributed by atoms with Crippen molar-refractivity contribution in [1.29, 1.82) is 0 Å². The van der Waals surface area contributed by atoms with Gasteiger partial charge in [-0.25, -0.2) is 12.7 Å². The molecule has 0 atom stereocenters. The van der Waals surface area contributed by atoms with E-state index >= 15 is 0 Å². The summed E-state index contributed by atoms with van der Waals surface area (Å²) in [6, 6.07) is 0. The molecule has 1 saturated heterocycles. The Balaban J connectivity index is 2.33. The van der Waals surface area contributed by atoms with E-state index < -0.39 is 10.0 Å². The van der Waals surface area contributed by atoms with Gasteiger partial charge in [-0.15, -0.1) is 0 Å². The lowest BCUT2D eigenvalue weighted by molar-refractivity contribution is -0.118. The summed E-state index contributed by atoms with van der Waals surface area (Å²) in [4.78, 5) is 10.5. The number of carbonyl (C=O) groups is 1. The number of hydrogen-bond acceptors (Lipinski definition) is 3. The van der Waals surface area contributed by atoms with Gasteiger partial charge in [0.1, 0.15) is 0 Å². The molecule has 0 aromatic rings. The van der Waals surface area contributed by atoms with Crippen molar-refractivity contribution < 1.29 is 13.2 Å². The van der Waals surface area contributed by atoms with Crippen LogP contribution in [0.2, 0.25) is 0 Å². The van der Waals surface area contributed by atoms with Crippen LogP contribution in [0, 0.1) is 0 Å². The second-order valence-corrected chi connectivity index (χ2v) is 5.14. The molecule has 0 bridgehead atoms. The molecule has 1 N–H and O–H groups in total. The van der Waals surface area contributed by atoms with Gasteiger partial charge < -0.3 is 5.32 Å². The lowest BCUT2D eigenvalue weighted by Crippen LogP contribution is -2.34. The molecule has 0 aromatic heterocycles. The van der Waals surface area contributed by atoms with Gasteiger partial charge in [0.05, 0.1) is 5.75 Å². The molecule has 0 radical (unpaired) electrons. The average molecular weight is 206 g/mol. The Morgan fingerprint density at radius 2 is 2.23 bits per heavy atom. The maximum atomic E-state index is 11.3. The average Bonchev–Trinajstić information content (AvgIpc) is 2.30. The fourth-order valence-electron chi connectivity index (χ4n) is 1.30. The first-order valence-corrected chi connectivity index (χ1v) is 5.85. The van der Waals surface area contributed by atoms with Crippen molar-refractivity contribution in [2.24, 2.45) is 0 Å². The molecule has 0 spiro atoms. The molecular formula is C7H14N2O3S. The minimum absolute atomic E-state index is 0.128. The van der Waals surface area contributed by atoms with Crippen LogP contribution in [0.4, 0.5) is 0 Å². The van der Waals surface area contributed by atoms with Gasteiger partial charge in [0.15, 0.2) is 0 Å². The summed E-state index contributed by atoms with van der Waals surface area (Å²) < 4.78 is 23.9. The first-order chi connectivity index (χ1) is 6.02. The lowest BCUT2D eigenvalue weighted by Gasteiger charge is -2.13. The minimum atomic E-state index is -3.00. The van der Waals surface area contributed by atoms with Crippen molar-refractivity contribution in [3.8, 4) is 0 Å². The Morgan fingerprint density at radius 3 is 2.69 bits per heavy atom. The van der Waals surface area contributed by atoms with Crippen molar-refractivity contribution >= 4 is 15.9 Å². The summed E-state index contributed by atoms with van der Waals surface area (Å²) in [5.74, 6) is 0.115. The molecule has 5 nitrogen and oxygen atoms in total. The van der Waals surface area contributed by atoms with Crippen LogP contribution in [-0.2, 0) is 14.8 Å². The van der Waals surface area contributed by atoms with Crippen LogP contribution in [0.3, 0.4) is 0 Å². The van der Waals surface area contributed by atoms with Crippen molar-refractivity contribution in [2.45, 2.75) is 13.3 Å². The van der Waals surface area contributed by atoms with E-state index in [1.165, 1.54) is 11.2 Å². The molecule has 0 unspecified atom stereocenters. The fourth-order valence-corrected chi connectivity index (χ4v) is 2.83. The number of nitrogens with one attached hydrogen (secondary N) is 1. The van der Waals surface area contributed by atoms with Gasteiger partial charge in [-0.2, -0.15) is 0 Å². The van der Waals surface area contributed by atoms with Crippen LogP contribution in [0.25, 0.3) is 0 Å². The van der Waals surface area contributed by atoms with Gasteiger partial charge in [0.25, 0.3) is 0 Å². The van der Waals surface area contributed by atoms with Gasteiger partial charge >= 0.3 is 0 Å². The Labute approximate surface area is 78.2 Å². The summed E-state index contributed by atoms with van der Waals surface area (Å²) in [7, 11) is -3.00. The summed E-state index contributed by atoms with van der Waals surface area (Å²) in [5.41, 5.74) is 0. The maximum Gasteiger partial charge on any atom is 0.216 e. The molecule has 6 heteroatoms. The molecule has 1 heterocycles. The first kappa shape index (κ1) is 10.5. The number of hydrogen-bond donors (Lipinski definition) is 1. The monoisotopic (exact) mass is 206 g/mol. The zero-order valence-electron chi connectivity index (χ0n) is 7.62. The summed E-state index contributed by atoms with van der Waals surface area (Å²) in [5, 5.41) is 2.57. The summed E-state index contributed by atoms with van der Waals surface area (Å²) >= 11 is 0. The predicted octanol–water partition coefficient (Wildman–Crippen LogP) is -0.842. The summed E-state index contributed by atoms with van der Waals surface area (Å²) in [6.07, 6.45) is 0.697. The summed E-state index contributed by atoms with van der Waals surface area (Å²) in [6.45, 7) is 2.79. The van der Waals surface area contributed by atoms with Crippen LogP contribution in [0.5, 0.6) is 0 Å². The highest BCUT2D eigenvalue weighted by Gasteiger charge is 2.27. The molecule has 1 aliphatic heterocycles. The number of amides is 1. The largest absolute Gasteiger partial charge is 0.355 e. The second-order valence-electron chi connectivity index (χ2n) is 3.05. The van der Waals surface area contributed by atoms with Gasteiger partial charge in [-0.3, -0.25) is 4.79 Å². The third-order valence-corrected chi connectivity index (χ3v) is 3.89. The molecule has 1 aliphatic rings. The molecule has 1 fully saturated rings. The molecule has 76 valence electrons. The SMILES string of the molecule is CC(=O)NCCN1CCCS1(=O)=O. The number of nitrogens with zero attached hydrogens (tertiary/aromatic N) is 1. The van der Waals surface area contributed by atoms with Crippen LogP contribution >= 0.6 is 0 Å². The van der Waals surface area contributed by atoms with E-state index in [2.05, 4.69) is 5.32 Å². The second kappa shape index (κ2) is 4.06. The Morgan fingerprint density at radius 1 is 1.54 bits per heavy atom. The third kappa shape index (κ3) is 2.96. The lowest BCUT2D eigenvalue weighted by atomic mass is 10.4. The van der Waals surface area contributed by atoms with Crippen molar-refractivity contribution in [2.75, 3.05) is 25.4 Å². The van der Waals surface area contributed by atoms with Crippen molar-refractivity contribution in [3.05, 3.63) is 0 Å². The maximum absolute atomic E-state index is 11.3. The van der Waals surface area contributed by atoms with Crippen LogP contribution in [0.1, 0.15) is 13.3 Å². The highest BCUT2D eigenvalue weighted by Crippen LogP contribution is 2.11. The molecule has 1 amide bonds. The Kier molecular flexibility index (Phi) is 3.27. The third-order valence-electron chi connectivity index (χ3n) is 1.94. The van der Waals surface area contributed by atoms with Crippen molar-refractivity contribution in [1.82, 2.24) is 9.62 Å².